The summed E-state index contributed by atoms with van der Waals surface area (Å²) in [6.45, 7) is 2.51. The highest BCUT2D eigenvalue weighted by Gasteiger charge is 2.31. The quantitative estimate of drug-likeness (QED) is 0.888. The lowest BCUT2D eigenvalue weighted by atomic mass is 9.79. The molecule has 1 aliphatic carbocycles. The summed E-state index contributed by atoms with van der Waals surface area (Å²) in [4.78, 5) is 3.88. The van der Waals surface area contributed by atoms with Gasteiger partial charge in [0, 0.05) is 12.7 Å². The van der Waals surface area contributed by atoms with Gasteiger partial charge in [-0.15, -0.1) is 0 Å². The molecule has 0 spiro atoms. The highest BCUT2D eigenvalue weighted by molar-refractivity contribution is 6.30. The Labute approximate surface area is 111 Å². The van der Waals surface area contributed by atoms with E-state index in [1.807, 2.05) is 0 Å². The van der Waals surface area contributed by atoms with Crippen molar-refractivity contribution in [2.75, 3.05) is 11.9 Å². The van der Waals surface area contributed by atoms with Crippen molar-refractivity contribution in [2.45, 2.75) is 38.2 Å². The van der Waals surface area contributed by atoms with Gasteiger partial charge in [0.15, 0.2) is 11.6 Å². The highest BCUT2D eigenvalue weighted by Crippen LogP contribution is 2.32. The molecule has 1 aliphatic rings. The van der Waals surface area contributed by atoms with Crippen LogP contribution in [-0.4, -0.2) is 22.2 Å². The molecule has 0 amide bonds. The number of rotatable bonds is 3. The Morgan fingerprint density at radius 3 is 2.83 bits per heavy atom. The minimum Gasteiger partial charge on any atom is -0.388 e. The largest absolute Gasteiger partial charge is 0.388 e. The van der Waals surface area contributed by atoms with Crippen molar-refractivity contribution in [2.24, 2.45) is 5.92 Å². The van der Waals surface area contributed by atoms with Gasteiger partial charge in [-0.2, -0.15) is 0 Å². The average molecular weight is 273 g/mol. The van der Waals surface area contributed by atoms with Crippen LogP contribution in [0.1, 0.15) is 32.6 Å². The van der Waals surface area contributed by atoms with Gasteiger partial charge in [-0.25, -0.2) is 9.37 Å². The third kappa shape index (κ3) is 3.33. The third-order valence-corrected chi connectivity index (χ3v) is 3.80. The van der Waals surface area contributed by atoms with Crippen LogP contribution in [0.4, 0.5) is 10.2 Å². The fourth-order valence-electron chi connectivity index (χ4n) is 2.27. The molecule has 1 heterocycles. The predicted molar refractivity (Wildman–Crippen MR) is 70.3 cm³/mol. The Kier molecular flexibility index (Phi) is 4.07. The molecule has 1 fully saturated rings. The summed E-state index contributed by atoms with van der Waals surface area (Å²) >= 11 is 5.63. The molecule has 0 saturated heterocycles. The van der Waals surface area contributed by atoms with E-state index in [0.717, 1.165) is 25.7 Å². The van der Waals surface area contributed by atoms with Crippen LogP contribution in [0.3, 0.4) is 0 Å². The van der Waals surface area contributed by atoms with Gasteiger partial charge in [0.25, 0.3) is 0 Å². The summed E-state index contributed by atoms with van der Waals surface area (Å²) in [5, 5.41) is 13.5. The first-order valence-corrected chi connectivity index (χ1v) is 6.64. The zero-order valence-electron chi connectivity index (χ0n) is 10.4. The van der Waals surface area contributed by atoms with Gasteiger partial charge in [-0.1, -0.05) is 18.5 Å². The number of nitrogens with zero attached hydrogens (tertiary/aromatic N) is 1. The van der Waals surface area contributed by atoms with Crippen molar-refractivity contribution in [3.63, 3.8) is 0 Å². The Balaban J connectivity index is 1.94. The Morgan fingerprint density at radius 2 is 2.22 bits per heavy atom. The lowest BCUT2D eigenvalue weighted by Crippen LogP contribution is -2.40. The molecule has 0 aromatic carbocycles. The SMILES string of the molecule is CC1CCC(O)(CNc2ncc(Cl)cc2F)CC1. The predicted octanol–water partition coefficient (Wildman–Crippen LogP) is 3.23. The zero-order valence-corrected chi connectivity index (χ0v) is 11.2. The molecule has 5 heteroatoms. The Morgan fingerprint density at radius 1 is 1.56 bits per heavy atom. The number of hydrogen-bond donors (Lipinski definition) is 2. The van der Waals surface area contributed by atoms with Crippen molar-refractivity contribution in [1.82, 2.24) is 4.98 Å². The lowest BCUT2D eigenvalue weighted by Gasteiger charge is -2.35. The summed E-state index contributed by atoms with van der Waals surface area (Å²) < 4.78 is 13.5. The van der Waals surface area contributed by atoms with Crippen molar-refractivity contribution < 1.29 is 9.50 Å². The maximum Gasteiger partial charge on any atom is 0.166 e. The number of hydrogen-bond acceptors (Lipinski definition) is 3. The summed E-state index contributed by atoms with van der Waals surface area (Å²) in [7, 11) is 0. The molecule has 0 bridgehead atoms. The summed E-state index contributed by atoms with van der Waals surface area (Å²) in [5.74, 6) is 0.317. The fraction of sp³-hybridized carbons (Fsp3) is 0.615. The Bertz CT molecular complexity index is 419. The average Bonchev–Trinajstić information content (AvgIpc) is 2.32. The fourth-order valence-corrected chi connectivity index (χ4v) is 2.41. The minimum absolute atomic E-state index is 0.145. The highest BCUT2D eigenvalue weighted by atomic mass is 35.5. The first-order chi connectivity index (χ1) is 8.48. The first kappa shape index (κ1) is 13.6. The molecule has 0 radical (unpaired) electrons. The molecule has 2 N–H and O–H groups in total. The molecular formula is C13H18ClFN2O. The van der Waals surface area contributed by atoms with Crippen LogP contribution in [0.2, 0.25) is 5.02 Å². The van der Waals surface area contributed by atoms with E-state index >= 15 is 0 Å². The molecule has 0 atom stereocenters. The normalized spacial score (nSPS) is 28.1. The van der Waals surface area contributed by atoms with E-state index in [9.17, 15) is 9.50 Å². The van der Waals surface area contributed by atoms with Crippen molar-refractivity contribution in [3.05, 3.63) is 23.1 Å². The molecule has 1 saturated carbocycles. The van der Waals surface area contributed by atoms with Gasteiger partial charge >= 0.3 is 0 Å². The van der Waals surface area contributed by atoms with E-state index in [2.05, 4.69) is 17.2 Å². The van der Waals surface area contributed by atoms with E-state index in [-0.39, 0.29) is 10.8 Å². The number of halogens is 2. The van der Waals surface area contributed by atoms with Crippen LogP contribution < -0.4 is 5.32 Å². The monoisotopic (exact) mass is 272 g/mol. The summed E-state index contributed by atoms with van der Waals surface area (Å²) in [6, 6.07) is 1.21. The maximum absolute atomic E-state index is 13.5. The molecule has 100 valence electrons. The first-order valence-electron chi connectivity index (χ1n) is 6.26. The molecule has 18 heavy (non-hydrogen) atoms. The number of anilines is 1. The molecule has 2 rings (SSSR count). The number of aromatic nitrogens is 1. The van der Waals surface area contributed by atoms with Crippen molar-refractivity contribution in [1.29, 1.82) is 0 Å². The van der Waals surface area contributed by atoms with Crippen LogP contribution in [-0.2, 0) is 0 Å². The topological polar surface area (TPSA) is 45.1 Å². The zero-order chi connectivity index (χ0) is 13.2. The van der Waals surface area contributed by atoms with Crippen molar-refractivity contribution >= 4 is 17.4 Å². The standard InChI is InChI=1S/C13H18ClFN2O/c1-9-2-4-13(18,5-3-9)8-17-12-11(15)6-10(14)7-16-12/h6-7,9,18H,2-5,8H2,1H3,(H,16,17). The summed E-state index contributed by atoms with van der Waals surface area (Å²) in [5.41, 5.74) is -0.750. The van der Waals surface area contributed by atoms with Crippen LogP contribution in [0.5, 0.6) is 0 Å². The van der Waals surface area contributed by atoms with Gasteiger partial charge in [-0.3, -0.25) is 0 Å². The second-order valence-corrected chi connectivity index (χ2v) is 5.68. The number of aliphatic hydroxyl groups is 1. The van der Waals surface area contributed by atoms with Gasteiger partial charge in [-0.05, 0) is 37.7 Å². The van der Waals surface area contributed by atoms with E-state index in [4.69, 9.17) is 11.6 Å². The van der Waals surface area contributed by atoms with Gasteiger partial charge < -0.3 is 10.4 Å². The number of nitrogens with one attached hydrogen (secondary N) is 1. The smallest absolute Gasteiger partial charge is 0.166 e. The Hall–Kier alpha value is -0.870. The van der Waals surface area contributed by atoms with Crippen LogP contribution in [0.25, 0.3) is 0 Å². The lowest BCUT2D eigenvalue weighted by molar-refractivity contribution is 0.00490. The van der Waals surface area contributed by atoms with Crippen LogP contribution >= 0.6 is 11.6 Å². The second-order valence-electron chi connectivity index (χ2n) is 5.24. The number of pyridine rings is 1. The maximum atomic E-state index is 13.5. The van der Waals surface area contributed by atoms with E-state index in [0.29, 0.717) is 12.5 Å². The van der Waals surface area contributed by atoms with Crippen LogP contribution in [0, 0.1) is 11.7 Å². The van der Waals surface area contributed by atoms with Gasteiger partial charge in [0.05, 0.1) is 10.6 Å². The molecule has 0 unspecified atom stereocenters. The molecule has 1 aromatic heterocycles. The molecule has 1 aromatic rings. The van der Waals surface area contributed by atoms with E-state index in [1.54, 1.807) is 0 Å². The molecular weight excluding hydrogens is 255 g/mol. The molecule has 3 nitrogen and oxygen atoms in total. The summed E-state index contributed by atoms with van der Waals surface area (Å²) in [6.07, 6.45) is 4.90. The van der Waals surface area contributed by atoms with Crippen LogP contribution in [0.15, 0.2) is 12.3 Å². The van der Waals surface area contributed by atoms with Gasteiger partial charge in [0.1, 0.15) is 0 Å². The van der Waals surface area contributed by atoms with E-state index < -0.39 is 11.4 Å². The van der Waals surface area contributed by atoms with Crippen molar-refractivity contribution in [3.8, 4) is 0 Å². The molecule has 0 aliphatic heterocycles. The van der Waals surface area contributed by atoms with E-state index in [1.165, 1.54) is 12.3 Å². The minimum atomic E-state index is -0.750. The third-order valence-electron chi connectivity index (χ3n) is 3.60. The van der Waals surface area contributed by atoms with Gasteiger partial charge in [0.2, 0.25) is 0 Å². The second kappa shape index (κ2) is 5.41.